The fraction of sp³-hybridized carbons (Fsp3) is 0.310. The summed E-state index contributed by atoms with van der Waals surface area (Å²) in [7, 11) is -4.18. The van der Waals surface area contributed by atoms with E-state index in [-0.39, 0.29) is 23.3 Å². The third kappa shape index (κ3) is 8.13. The van der Waals surface area contributed by atoms with E-state index in [1.165, 1.54) is 29.2 Å². The minimum absolute atomic E-state index is 0.00865. The number of anilines is 1. The number of hydrogen-bond acceptors (Lipinski definition) is 4. The third-order valence-electron chi connectivity index (χ3n) is 6.19. The van der Waals surface area contributed by atoms with Crippen molar-refractivity contribution >= 4 is 62.3 Å². The summed E-state index contributed by atoms with van der Waals surface area (Å²) >= 11 is 18.3. The Kier molecular flexibility index (Phi) is 10.9. The Balaban J connectivity index is 2.02. The fourth-order valence-electron chi connectivity index (χ4n) is 3.84. The van der Waals surface area contributed by atoms with Crippen molar-refractivity contribution in [1.82, 2.24) is 10.2 Å². The maximum atomic E-state index is 13.9. The van der Waals surface area contributed by atoms with Gasteiger partial charge in [-0.25, -0.2) is 8.42 Å². The highest BCUT2D eigenvalue weighted by Gasteiger charge is 2.32. The van der Waals surface area contributed by atoms with E-state index in [4.69, 9.17) is 34.8 Å². The van der Waals surface area contributed by atoms with Gasteiger partial charge in [-0.3, -0.25) is 13.9 Å². The van der Waals surface area contributed by atoms with Gasteiger partial charge in [0.1, 0.15) is 12.6 Å². The van der Waals surface area contributed by atoms with Crippen molar-refractivity contribution in [2.45, 2.75) is 45.2 Å². The SMILES string of the molecule is Cc1ccc(N(CC(=O)N(Cc2ccc(Cl)c(Cl)c2)C(C)C(=O)NCC(C)C)S(=O)(=O)c2ccc(Cl)cc2)cc1. The molecule has 40 heavy (non-hydrogen) atoms. The summed E-state index contributed by atoms with van der Waals surface area (Å²) in [5.41, 5.74) is 1.87. The Morgan fingerprint density at radius 2 is 1.50 bits per heavy atom. The number of hydrogen-bond donors (Lipinski definition) is 1. The number of halogens is 3. The summed E-state index contributed by atoms with van der Waals surface area (Å²) in [6, 6.07) is 16.5. The second-order valence-corrected chi connectivity index (χ2v) is 13.0. The number of carbonyl (C=O) groups is 2. The van der Waals surface area contributed by atoms with E-state index in [1.807, 2.05) is 20.8 Å². The Bertz CT molecular complexity index is 1450. The number of rotatable bonds is 11. The monoisotopic (exact) mass is 623 g/mol. The highest BCUT2D eigenvalue weighted by atomic mass is 35.5. The molecule has 3 aromatic rings. The molecule has 11 heteroatoms. The molecule has 0 heterocycles. The highest BCUT2D eigenvalue weighted by Crippen LogP contribution is 2.27. The van der Waals surface area contributed by atoms with Crippen LogP contribution in [-0.4, -0.2) is 44.3 Å². The number of carbonyl (C=O) groups excluding carboxylic acids is 2. The molecule has 3 rings (SSSR count). The van der Waals surface area contributed by atoms with E-state index in [0.717, 1.165) is 9.87 Å². The number of nitrogens with one attached hydrogen (secondary N) is 1. The van der Waals surface area contributed by atoms with Crippen LogP contribution >= 0.6 is 34.8 Å². The van der Waals surface area contributed by atoms with Crippen molar-refractivity contribution in [3.8, 4) is 0 Å². The highest BCUT2D eigenvalue weighted by molar-refractivity contribution is 7.92. The minimum atomic E-state index is -4.18. The molecule has 1 atom stereocenters. The Labute approximate surface area is 251 Å². The molecule has 0 aliphatic rings. The molecule has 7 nitrogen and oxygen atoms in total. The first-order valence-corrected chi connectivity index (χ1v) is 15.2. The van der Waals surface area contributed by atoms with E-state index >= 15 is 0 Å². The summed E-state index contributed by atoms with van der Waals surface area (Å²) in [6.07, 6.45) is 0. The van der Waals surface area contributed by atoms with Crippen LogP contribution in [0.3, 0.4) is 0 Å². The van der Waals surface area contributed by atoms with Gasteiger partial charge in [0.15, 0.2) is 0 Å². The molecule has 1 N–H and O–H groups in total. The summed E-state index contributed by atoms with van der Waals surface area (Å²) < 4.78 is 28.7. The van der Waals surface area contributed by atoms with Gasteiger partial charge in [0.2, 0.25) is 11.8 Å². The molecule has 0 spiro atoms. The van der Waals surface area contributed by atoms with Crippen molar-refractivity contribution in [1.29, 1.82) is 0 Å². The van der Waals surface area contributed by atoms with E-state index in [2.05, 4.69) is 5.32 Å². The molecular weight excluding hydrogens is 593 g/mol. The van der Waals surface area contributed by atoms with Crippen LogP contribution in [0.25, 0.3) is 0 Å². The standard InChI is InChI=1S/C29H32Cl3N3O4S/c1-19(2)16-33-29(37)21(4)34(17-22-7-14-26(31)27(32)15-22)28(36)18-35(24-10-5-20(3)6-11-24)40(38,39)25-12-8-23(30)9-13-25/h5-15,19,21H,16-18H2,1-4H3,(H,33,37). The molecule has 0 fully saturated rings. The molecule has 0 saturated heterocycles. The molecule has 0 saturated carbocycles. The Morgan fingerprint density at radius 3 is 2.08 bits per heavy atom. The molecule has 0 radical (unpaired) electrons. The summed E-state index contributed by atoms with van der Waals surface area (Å²) in [4.78, 5) is 28.3. The van der Waals surface area contributed by atoms with Crippen LogP contribution in [0.4, 0.5) is 5.69 Å². The van der Waals surface area contributed by atoms with Crippen LogP contribution < -0.4 is 9.62 Å². The molecule has 0 aliphatic heterocycles. The van der Waals surface area contributed by atoms with E-state index in [0.29, 0.717) is 32.9 Å². The van der Waals surface area contributed by atoms with Gasteiger partial charge in [-0.15, -0.1) is 0 Å². The topological polar surface area (TPSA) is 86.8 Å². The lowest BCUT2D eigenvalue weighted by Gasteiger charge is -2.32. The van der Waals surface area contributed by atoms with Crippen molar-refractivity contribution in [3.63, 3.8) is 0 Å². The zero-order valence-corrected chi connectivity index (χ0v) is 25.8. The van der Waals surface area contributed by atoms with Gasteiger partial charge < -0.3 is 10.2 Å². The average Bonchev–Trinajstić information content (AvgIpc) is 2.91. The van der Waals surface area contributed by atoms with Gasteiger partial charge in [0.25, 0.3) is 10.0 Å². The first-order valence-electron chi connectivity index (χ1n) is 12.7. The molecule has 2 amide bonds. The summed E-state index contributed by atoms with van der Waals surface area (Å²) in [5, 5.41) is 3.89. The number of sulfonamides is 1. The van der Waals surface area contributed by atoms with Crippen molar-refractivity contribution in [2.24, 2.45) is 5.92 Å². The summed E-state index contributed by atoms with van der Waals surface area (Å²) in [6.45, 7) is 7.30. The van der Waals surface area contributed by atoms with Crippen molar-refractivity contribution in [3.05, 3.63) is 92.9 Å². The van der Waals surface area contributed by atoms with Crippen LogP contribution in [0.2, 0.25) is 15.1 Å². The van der Waals surface area contributed by atoms with E-state index in [9.17, 15) is 18.0 Å². The Morgan fingerprint density at radius 1 is 0.875 bits per heavy atom. The fourth-order valence-corrected chi connectivity index (χ4v) is 5.70. The zero-order valence-electron chi connectivity index (χ0n) is 22.7. The van der Waals surface area contributed by atoms with Crippen molar-refractivity contribution < 1.29 is 18.0 Å². The quantitative estimate of drug-likeness (QED) is 0.270. The maximum Gasteiger partial charge on any atom is 0.264 e. The molecule has 1 unspecified atom stereocenters. The maximum absolute atomic E-state index is 13.9. The van der Waals surface area contributed by atoms with Crippen molar-refractivity contribution in [2.75, 3.05) is 17.4 Å². The molecule has 0 bridgehead atoms. The predicted molar refractivity (Wildman–Crippen MR) is 161 cm³/mol. The second kappa shape index (κ2) is 13.7. The third-order valence-corrected chi connectivity index (χ3v) is 8.97. The van der Waals surface area contributed by atoms with Gasteiger partial charge in [-0.05, 0) is 73.9 Å². The van der Waals surface area contributed by atoms with E-state index in [1.54, 1.807) is 49.4 Å². The smallest absolute Gasteiger partial charge is 0.264 e. The van der Waals surface area contributed by atoms with Gasteiger partial charge >= 0.3 is 0 Å². The normalized spacial score (nSPS) is 12.2. The number of nitrogens with zero attached hydrogens (tertiary/aromatic N) is 2. The van der Waals surface area contributed by atoms with Crippen LogP contribution in [0, 0.1) is 12.8 Å². The lowest BCUT2D eigenvalue weighted by molar-refractivity contribution is -0.139. The largest absolute Gasteiger partial charge is 0.354 e. The number of benzene rings is 3. The van der Waals surface area contributed by atoms with E-state index < -0.39 is 28.5 Å². The zero-order chi connectivity index (χ0) is 29.6. The lowest BCUT2D eigenvalue weighted by atomic mass is 10.1. The van der Waals surface area contributed by atoms with Crippen LogP contribution in [0.5, 0.6) is 0 Å². The second-order valence-electron chi connectivity index (χ2n) is 9.89. The first-order chi connectivity index (χ1) is 18.8. The van der Waals surface area contributed by atoms with Gasteiger partial charge in [0, 0.05) is 18.1 Å². The predicted octanol–water partition coefficient (Wildman–Crippen LogP) is 6.34. The number of aryl methyl sites for hydroxylation is 1. The molecule has 3 aromatic carbocycles. The molecular formula is C29H32Cl3N3O4S. The summed E-state index contributed by atoms with van der Waals surface area (Å²) in [5.74, 6) is -0.724. The van der Waals surface area contributed by atoms with Crippen LogP contribution in [0.1, 0.15) is 31.9 Å². The lowest BCUT2D eigenvalue weighted by Crippen LogP contribution is -2.51. The number of amides is 2. The Hall–Kier alpha value is -2.78. The van der Waals surface area contributed by atoms with Gasteiger partial charge in [-0.2, -0.15) is 0 Å². The van der Waals surface area contributed by atoms with Crippen LogP contribution in [-0.2, 0) is 26.2 Å². The van der Waals surface area contributed by atoms with Crippen LogP contribution in [0.15, 0.2) is 71.6 Å². The average molecular weight is 625 g/mol. The molecule has 214 valence electrons. The van der Waals surface area contributed by atoms with Gasteiger partial charge in [-0.1, -0.05) is 72.4 Å². The molecule has 0 aromatic heterocycles. The minimum Gasteiger partial charge on any atom is -0.354 e. The van der Waals surface area contributed by atoms with Gasteiger partial charge in [0.05, 0.1) is 20.6 Å². The first kappa shape index (κ1) is 31.7. The molecule has 0 aliphatic carbocycles.